The fourth-order valence-corrected chi connectivity index (χ4v) is 5.53. The van der Waals surface area contributed by atoms with Gasteiger partial charge >= 0.3 is 5.69 Å². The Morgan fingerprint density at radius 2 is 1.72 bits per heavy atom. The van der Waals surface area contributed by atoms with E-state index in [1.165, 1.54) is 4.57 Å². The molecule has 1 saturated heterocycles. The van der Waals surface area contributed by atoms with E-state index in [0.29, 0.717) is 57.0 Å². The molecule has 2 fully saturated rings. The summed E-state index contributed by atoms with van der Waals surface area (Å²) in [6.07, 6.45) is 5.18. The Kier molecular flexibility index (Phi) is 7.36. The molecule has 192 valence electrons. The van der Waals surface area contributed by atoms with Crippen LogP contribution < -0.4 is 11.2 Å². The summed E-state index contributed by atoms with van der Waals surface area (Å²) in [5.74, 6) is 1.13. The van der Waals surface area contributed by atoms with Gasteiger partial charge in [0.2, 0.25) is 5.91 Å². The predicted octanol–water partition coefficient (Wildman–Crippen LogP) is 2.72. The van der Waals surface area contributed by atoms with Crippen molar-refractivity contribution in [1.82, 2.24) is 23.6 Å². The minimum absolute atomic E-state index is 0.00803. The third-order valence-corrected chi connectivity index (χ3v) is 7.41. The number of carbonyl (C=O) groups is 1. The lowest BCUT2D eigenvalue weighted by Crippen LogP contribution is -2.43. The van der Waals surface area contributed by atoms with E-state index in [9.17, 15) is 14.4 Å². The molecule has 3 heterocycles. The molecule has 5 rings (SSSR count). The van der Waals surface area contributed by atoms with Crippen molar-refractivity contribution in [3.05, 3.63) is 62.6 Å². The molecule has 1 aliphatic carbocycles. The molecule has 0 unspecified atom stereocenters. The maximum absolute atomic E-state index is 13.7. The number of aromatic nitrogens is 4. The maximum atomic E-state index is 13.7. The second-order valence-electron chi connectivity index (χ2n) is 9.83. The standard InChI is InChI=1S/C27H35N5O4/c1-2-13-31-26(34)23-25(30(27(31)35)14-12-22(33)29-15-17-36-18-16-29)28-24(21-10-6-7-11-21)32(23)19-20-8-4-3-5-9-20/h3-5,8-9,21H,2,6-7,10-19H2,1H3. The highest BCUT2D eigenvalue weighted by molar-refractivity contribution is 5.77. The number of hydrogen-bond donors (Lipinski definition) is 0. The number of aryl methyl sites for hydroxylation is 1. The van der Waals surface area contributed by atoms with Crippen LogP contribution in [0.15, 0.2) is 39.9 Å². The van der Waals surface area contributed by atoms with E-state index in [0.717, 1.165) is 37.1 Å². The van der Waals surface area contributed by atoms with E-state index < -0.39 is 0 Å². The molecular weight excluding hydrogens is 458 g/mol. The Hall–Kier alpha value is -3.20. The van der Waals surface area contributed by atoms with E-state index in [4.69, 9.17) is 9.72 Å². The number of amides is 1. The first kappa shape index (κ1) is 24.5. The third kappa shape index (κ3) is 4.76. The summed E-state index contributed by atoms with van der Waals surface area (Å²) >= 11 is 0. The van der Waals surface area contributed by atoms with Crippen molar-refractivity contribution in [3.63, 3.8) is 0 Å². The number of hydrogen-bond acceptors (Lipinski definition) is 5. The van der Waals surface area contributed by atoms with Gasteiger partial charge in [-0.05, 0) is 24.8 Å². The topological polar surface area (TPSA) is 91.4 Å². The fraction of sp³-hybridized carbons (Fsp3) is 0.556. The van der Waals surface area contributed by atoms with Crippen LogP contribution in [0.3, 0.4) is 0 Å². The second-order valence-corrected chi connectivity index (χ2v) is 9.83. The number of imidazole rings is 1. The molecule has 0 N–H and O–H groups in total. The Labute approximate surface area is 210 Å². The highest BCUT2D eigenvalue weighted by Crippen LogP contribution is 2.35. The highest BCUT2D eigenvalue weighted by atomic mass is 16.5. The average molecular weight is 494 g/mol. The SMILES string of the molecule is CCCn1c(=O)c2c(nc(C3CCCC3)n2Cc2ccccc2)n(CCC(=O)N2CCOCC2)c1=O. The molecule has 0 spiro atoms. The van der Waals surface area contributed by atoms with E-state index in [1.807, 2.05) is 41.8 Å². The van der Waals surface area contributed by atoms with Gasteiger partial charge < -0.3 is 14.2 Å². The molecule has 1 saturated carbocycles. The Bertz CT molecular complexity index is 1330. The summed E-state index contributed by atoms with van der Waals surface area (Å²) in [4.78, 5) is 46.9. The van der Waals surface area contributed by atoms with Gasteiger partial charge in [-0.15, -0.1) is 0 Å². The van der Waals surface area contributed by atoms with Gasteiger partial charge in [0.1, 0.15) is 5.82 Å². The van der Waals surface area contributed by atoms with E-state index >= 15 is 0 Å². The molecule has 0 atom stereocenters. The van der Waals surface area contributed by atoms with Gasteiger partial charge in [0.25, 0.3) is 5.56 Å². The third-order valence-electron chi connectivity index (χ3n) is 7.41. The van der Waals surface area contributed by atoms with Crippen molar-refractivity contribution in [1.29, 1.82) is 0 Å². The molecule has 2 aliphatic rings. The van der Waals surface area contributed by atoms with Crippen molar-refractivity contribution < 1.29 is 9.53 Å². The summed E-state index contributed by atoms with van der Waals surface area (Å²) in [5, 5.41) is 0. The summed E-state index contributed by atoms with van der Waals surface area (Å²) < 4.78 is 10.3. The zero-order valence-corrected chi connectivity index (χ0v) is 21.0. The lowest BCUT2D eigenvalue weighted by atomic mass is 10.1. The monoisotopic (exact) mass is 493 g/mol. The normalized spacial score (nSPS) is 16.8. The van der Waals surface area contributed by atoms with Crippen molar-refractivity contribution in [2.24, 2.45) is 0 Å². The molecule has 9 nitrogen and oxygen atoms in total. The van der Waals surface area contributed by atoms with Crippen LogP contribution >= 0.6 is 0 Å². The van der Waals surface area contributed by atoms with E-state index in [1.54, 1.807) is 9.47 Å². The second kappa shape index (κ2) is 10.8. The molecule has 1 amide bonds. The first-order valence-electron chi connectivity index (χ1n) is 13.2. The fourth-order valence-electron chi connectivity index (χ4n) is 5.53. The van der Waals surface area contributed by atoms with E-state index in [2.05, 4.69) is 0 Å². The van der Waals surface area contributed by atoms with Gasteiger partial charge in [-0.1, -0.05) is 50.1 Å². The van der Waals surface area contributed by atoms with Crippen LogP contribution in [-0.2, 0) is 29.2 Å². The van der Waals surface area contributed by atoms with Crippen LogP contribution in [0.25, 0.3) is 11.2 Å². The molecule has 36 heavy (non-hydrogen) atoms. The van der Waals surface area contributed by atoms with Crippen molar-refractivity contribution >= 4 is 17.1 Å². The summed E-state index contributed by atoms with van der Waals surface area (Å²) in [5.41, 5.74) is 1.28. The van der Waals surface area contributed by atoms with Gasteiger partial charge in [-0.3, -0.25) is 18.7 Å². The molecular formula is C27H35N5O4. The maximum Gasteiger partial charge on any atom is 0.332 e. The first-order chi connectivity index (χ1) is 17.6. The number of morpholine rings is 1. The zero-order valence-electron chi connectivity index (χ0n) is 21.0. The van der Waals surface area contributed by atoms with Gasteiger partial charge in [0.05, 0.1) is 13.2 Å². The van der Waals surface area contributed by atoms with Crippen LogP contribution in [0, 0.1) is 0 Å². The molecule has 9 heteroatoms. The number of carbonyl (C=O) groups excluding carboxylic acids is 1. The van der Waals surface area contributed by atoms with Crippen LogP contribution in [0.1, 0.15) is 62.8 Å². The van der Waals surface area contributed by atoms with Crippen molar-refractivity contribution in [3.8, 4) is 0 Å². The highest BCUT2D eigenvalue weighted by Gasteiger charge is 2.28. The Morgan fingerprint density at radius 1 is 1.00 bits per heavy atom. The van der Waals surface area contributed by atoms with Crippen molar-refractivity contribution in [2.45, 2.75) is 71.0 Å². The van der Waals surface area contributed by atoms with Gasteiger partial charge in [0, 0.05) is 45.1 Å². The minimum atomic E-state index is -0.383. The Balaban J connectivity index is 1.62. The molecule has 1 aliphatic heterocycles. The number of rotatable bonds is 8. The summed E-state index contributed by atoms with van der Waals surface area (Å²) in [6.45, 7) is 5.20. The van der Waals surface area contributed by atoms with Crippen LogP contribution in [0.5, 0.6) is 0 Å². The molecule has 0 radical (unpaired) electrons. The number of benzene rings is 1. The number of ether oxygens (including phenoxy) is 1. The first-order valence-corrected chi connectivity index (χ1v) is 13.2. The molecule has 2 aromatic heterocycles. The van der Waals surface area contributed by atoms with Gasteiger partial charge in [0.15, 0.2) is 11.2 Å². The lowest BCUT2D eigenvalue weighted by molar-refractivity contribution is -0.135. The molecule has 3 aromatic rings. The quantitative estimate of drug-likeness (QED) is 0.481. The van der Waals surface area contributed by atoms with E-state index in [-0.39, 0.29) is 36.0 Å². The van der Waals surface area contributed by atoms with Gasteiger partial charge in [-0.2, -0.15) is 0 Å². The zero-order chi connectivity index (χ0) is 25.1. The number of fused-ring (bicyclic) bond motifs is 1. The summed E-state index contributed by atoms with van der Waals surface area (Å²) in [7, 11) is 0. The van der Waals surface area contributed by atoms with Gasteiger partial charge in [-0.25, -0.2) is 9.78 Å². The smallest absolute Gasteiger partial charge is 0.332 e. The average Bonchev–Trinajstić information content (AvgIpc) is 3.56. The van der Waals surface area contributed by atoms with Crippen LogP contribution in [-0.4, -0.2) is 55.8 Å². The largest absolute Gasteiger partial charge is 0.378 e. The molecule has 1 aromatic carbocycles. The van der Waals surface area contributed by atoms with Crippen molar-refractivity contribution in [2.75, 3.05) is 26.3 Å². The van der Waals surface area contributed by atoms with Crippen LogP contribution in [0.2, 0.25) is 0 Å². The predicted molar refractivity (Wildman–Crippen MR) is 137 cm³/mol. The minimum Gasteiger partial charge on any atom is -0.378 e. The van der Waals surface area contributed by atoms with Crippen LogP contribution in [0.4, 0.5) is 0 Å². The lowest BCUT2D eigenvalue weighted by Gasteiger charge is -2.27. The Morgan fingerprint density at radius 3 is 2.42 bits per heavy atom. The number of nitrogens with zero attached hydrogens (tertiary/aromatic N) is 5. The molecule has 0 bridgehead atoms. The summed E-state index contributed by atoms with van der Waals surface area (Å²) in [6, 6.07) is 10.1.